The van der Waals surface area contributed by atoms with E-state index in [0.717, 1.165) is 26.2 Å². The Balaban J connectivity index is 1.70. The van der Waals surface area contributed by atoms with E-state index >= 15 is 0 Å². The SMILES string of the molecule is Cc1ccc(NC(=O)[C@@H](N)CNS(=O)(=O)N(C)C)cc1C(=O)N[C@H](C)c1cccc2ccccc12. The van der Waals surface area contributed by atoms with Crippen LogP contribution >= 0.6 is 0 Å². The minimum atomic E-state index is -3.70. The van der Waals surface area contributed by atoms with Crippen LogP contribution in [-0.2, 0) is 15.0 Å². The van der Waals surface area contributed by atoms with Crippen molar-refractivity contribution in [3.63, 3.8) is 0 Å². The van der Waals surface area contributed by atoms with Crippen molar-refractivity contribution in [1.82, 2.24) is 14.3 Å². The number of nitrogens with zero attached hydrogens (tertiary/aromatic N) is 1. The van der Waals surface area contributed by atoms with E-state index in [9.17, 15) is 18.0 Å². The van der Waals surface area contributed by atoms with Gasteiger partial charge >= 0.3 is 0 Å². The first-order valence-corrected chi connectivity index (χ1v) is 12.6. The Morgan fingerprint density at radius 3 is 2.43 bits per heavy atom. The van der Waals surface area contributed by atoms with Gasteiger partial charge in [-0.25, -0.2) is 4.72 Å². The fourth-order valence-electron chi connectivity index (χ4n) is 3.58. The second kappa shape index (κ2) is 11.0. The number of benzene rings is 3. The third kappa shape index (κ3) is 6.43. The van der Waals surface area contributed by atoms with E-state index in [2.05, 4.69) is 15.4 Å². The largest absolute Gasteiger partial charge is 0.345 e. The molecule has 0 bridgehead atoms. The van der Waals surface area contributed by atoms with Crippen molar-refractivity contribution >= 4 is 38.5 Å². The minimum Gasteiger partial charge on any atom is -0.345 e. The summed E-state index contributed by atoms with van der Waals surface area (Å²) >= 11 is 0. The van der Waals surface area contributed by atoms with Gasteiger partial charge in [0.05, 0.1) is 12.1 Å². The molecule has 3 aromatic rings. The second-order valence-corrected chi connectivity index (χ2v) is 10.5. The van der Waals surface area contributed by atoms with Crippen LogP contribution in [0.15, 0.2) is 60.7 Å². The molecule has 3 aromatic carbocycles. The fraction of sp³-hybridized carbons (Fsp3) is 0.280. The van der Waals surface area contributed by atoms with E-state index in [1.807, 2.05) is 56.3 Å². The number of nitrogens with one attached hydrogen (secondary N) is 3. The van der Waals surface area contributed by atoms with Gasteiger partial charge in [0.1, 0.15) is 0 Å². The highest BCUT2D eigenvalue weighted by Gasteiger charge is 2.20. The van der Waals surface area contributed by atoms with Crippen molar-refractivity contribution in [2.75, 3.05) is 26.0 Å². The lowest BCUT2D eigenvalue weighted by atomic mass is 9.99. The van der Waals surface area contributed by atoms with Gasteiger partial charge in [-0.1, -0.05) is 48.5 Å². The van der Waals surface area contributed by atoms with Crippen molar-refractivity contribution < 1.29 is 18.0 Å². The first-order valence-electron chi connectivity index (χ1n) is 11.1. The van der Waals surface area contributed by atoms with E-state index in [1.54, 1.807) is 18.2 Å². The average Bonchev–Trinajstić information content (AvgIpc) is 2.83. The molecule has 2 atom stereocenters. The zero-order valence-corrected chi connectivity index (χ0v) is 21.0. The standard InChI is InChI=1S/C25H31N5O4S/c1-16-12-13-19(29-25(32)23(26)15-27-35(33,34)30(3)4)14-22(16)24(31)28-17(2)20-11-7-9-18-8-5-6-10-21(18)20/h5-14,17,23,27H,15,26H2,1-4H3,(H,28,31)(H,29,32)/t17-,23+/m1/s1. The smallest absolute Gasteiger partial charge is 0.278 e. The molecule has 0 heterocycles. The maximum Gasteiger partial charge on any atom is 0.278 e. The predicted molar refractivity (Wildman–Crippen MR) is 138 cm³/mol. The van der Waals surface area contributed by atoms with Crippen LogP contribution in [0.1, 0.15) is 34.5 Å². The van der Waals surface area contributed by atoms with Gasteiger partial charge < -0.3 is 16.4 Å². The summed E-state index contributed by atoms with van der Waals surface area (Å²) in [5.41, 5.74) is 8.39. The Kier molecular flexibility index (Phi) is 8.23. The normalized spacial score (nSPS) is 13.4. The number of carbonyl (C=O) groups excluding carboxylic acids is 2. The highest BCUT2D eigenvalue weighted by atomic mass is 32.2. The van der Waals surface area contributed by atoms with Gasteiger partial charge in [0.2, 0.25) is 5.91 Å². The topological polar surface area (TPSA) is 134 Å². The Labute approximate surface area is 205 Å². The molecular formula is C25H31N5O4S. The Bertz CT molecular complexity index is 1340. The van der Waals surface area contributed by atoms with Gasteiger partial charge in [-0.15, -0.1) is 0 Å². The van der Waals surface area contributed by atoms with Gasteiger partial charge in [0, 0.05) is 31.9 Å². The van der Waals surface area contributed by atoms with E-state index in [1.165, 1.54) is 14.1 Å². The molecule has 0 aliphatic carbocycles. The molecule has 2 amide bonds. The van der Waals surface area contributed by atoms with Gasteiger partial charge in [-0.05, 0) is 47.9 Å². The molecule has 0 radical (unpaired) electrons. The number of fused-ring (bicyclic) bond motifs is 1. The molecule has 35 heavy (non-hydrogen) atoms. The van der Waals surface area contributed by atoms with Gasteiger partial charge in [0.25, 0.3) is 16.1 Å². The number of nitrogens with two attached hydrogens (primary N) is 1. The monoisotopic (exact) mass is 497 g/mol. The number of anilines is 1. The summed E-state index contributed by atoms with van der Waals surface area (Å²) < 4.78 is 26.9. The first kappa shape index (κ1) is 26.3. The Morgan fingerprint density at radius 1 is 1.03 bits per heavy atom. The fourth-order valence-corrected chi connectivity index (χ4v) is 4.22. The number of carbonyl (C=O) groups is 2. The van der Waals surface area contributed by atoms with E-state index < -0.39 is 22.2 Å². The summed E-state index contributed by atoms with van der Waals surface area (Å²) in [6.45, 7) is 3.47. The minimum absolute atomic E-state index is 0.246. The molecule has 3 rings (SSSR count). The summed E-state index contributed by atoms with van der Waals surface area (Å²) in [6, 6.07) is 17.6. The van der Waals surface area contributed by atoms with Crippen LogP contribution in [0.5, 0.6) is 0 Å². The van der Waals surface area contributed by atoms with E-state index in [0.29, 0.717) is 11.3 Å². The summed E-state index contributed by atoms with van der Waals surface area (Å²) in [5, 5.41) is 7.85. The van der Waals surface area contributed by atoms with Gasteiger partial charge in [-0.3, -0.25) is 9.59 Å². The van der Waals surface area contributed by atoms with Crippen LogP contribution in [0.25, 0.3) is 10.8 Å². The van der Waals surface area contributed by atoms with Gasteiger partial charge in [-0.2, -0.15) is 12.7 Å². The lowest BCUT2D eigenvalue weighted by Crippen LogP contribution is -2.47. The molecule has 5 N–H and O–H groups in total. The molecular weight excluding hydrogens is 466 g/mol. The van der Waals surface area contributed by atoms with Crippen molar-refractivity contribution in [2.45, 2.75) is 25.9 Å². The third-order valence-electron chi connectivity index (χ3n) is 5.69. The lowest BCUT2D eigenvalue weighted by molar-refractivity contribution is -0.117. The molecule has 186 valence electrons. The molecule has 0 spiro atoms. The molecule has 0 aromatic heterocycles. The maximum absolute atomic E-state index is 13.1. The average molecular weight is 498 g/mol. The molecule has 0 aliphatic rings. The highest BCUT2D eigenvalue weighted by molar-refractivity contribution is 7.87. The van der Waals surface area contributed by atoms with Crippen molar-refractivity contribution in [3.05, 3.63) is 77.4 Å². The number of aryl methyl sites for hydroxylation is 1. The van der Waals surface area contributed by atoms with Crippen LogP contribution in [0.3, 0.4) is 0 Å². The quantitative estimate of drug-likeness (QED) is 0.360. The van der Waals surface area contributed by atoms with Crippen LogP contribution in [0.2, 0.25) is 0 Å². The van der Waals surface area contributed by atoms with Crippen LogP contribution in [0, 0.1) is 6.92 Å². The third-order valence-corrected chi connectivity index (χ3v) is 7.18. The summed E-state index contributed by atoms with van der Waals surface area (Å²) in [5.74, 6) is -0.854. The molecule has 0 aliphatic heterocycles. The van der Waals surface area contributed by atoms with E-state index in [4.69, 9.17) is 5.73 Å². The van der Waals surface area contributed by atoms with Crippen molar-refractivity contribution in [3.8, 4) is 0 Å². The highest BCUT2D eigenvalue weighted by Crippen LogP contribution is 2.25. The Hall–Kier alpha value is -3.31. The summed E-state index contributed by atoms with van der Waals surface area (Å²) in [6.07, 6.45) is 0. The molecule has 0 saturated carbocycles. The second-order valence-electron chi connectivity index (χ2n) is 8.52. The molecule has 10 heteroatoms. The van der Waals surface area contributed by atoms with Crippen molar-refractivity contribution in [2.24, 2.45) is 5.73 Å². The van der Waals surface area contributed by atoms with Crippen LogP contribution in [-0.4, -0.2) is 51.2 Å². The molecule has 0 fully saturated rings. The number of rotatable bonds is 9. The predicted octanol–water partition coefficient (Wildman–Crippen LogP) is 2.30. The lowest BCUT2D eigenvalue weighted by Gasteiger charge is -2.18. The number of amides is 2. The number of hydrogen-bond acceptors (Lipinski definition) is 5. The van der Waals surface area contributed by atoms with Crippen molar-refractivity contribution in [1.29, 1.82) is 0 Å². The molecule has 0 saturated heterocycles. The zero-order chi connectivity index (χ0) is 25.8. The summed E-state index contributed by atoms with van der Waals surface area (Å²) in [4.78, 5) is 25.6. The van der Waals surface area contributed by atoms with Crippen LogP contribution < -0.4 is 21.1 Å². The zero-order valence-electron chi connectivity index (χ0n) is 20.2. The van der Waals surface area contributed by atoms with Gasteiger partial charge in [0.15, 0.2) is 0 Å². The first-order chi connectivity index (χ1) is 16.5. The molecule has 0 unspecified atom stereocenters. The van der Waals surface area contributed by atoms with Crippen LogP contribution in [0.4, 0.5) is 5.69 Å². The number of hydrogen-bond donors (Lipinski definition) is 4. The maximum atomic E-state index is 13.1. The summed E-state index contributed by atoms with van der Waals surface area (Å²) in [7, 11) is -0.963. The van der Waals surface area contributed by atoms with E-state index in [-0.39, 0.29) is 18.5 Å². The molecule has 9 nitrogen and oxygen atoms in total. The Morgan fingerprint density at radius 2 is 1.71 bits per heavy atom.